The van der Waals surface area contributed by atoms with Crippen LogP contribution in [0.1, 0.15) is 43.6 Å². The minimum absolute atomic E-state index is 0.106. The molecule has 1 aromatic carbocycles. The second-order valence-electron chi connectivity index (χ2n) is 7.31. The summed E-state index contributed by atoms with van der Waals surface area (Å²) in [5.41, 5.74) is 3.64. The van der Waals surface area contributed by atoms with Gasteiger partial charge >= 0.3 is 5.97 Å². The second kappa shape index (κ2) is 6.71. The molecule has 0 unspecified atom stereocenters. The molecule has 2 aromatic heterocycles. The minimum Gasteiger partial charge on any atom is -0.424 e. The molecule has 0 saturated carbocycles. The number of hydrogen-bond acceptors (Lipinski definition) is 6. The number of ether oxygens (including phenoxy) is 1. The van der Waals surface area contributed by atoms with Crippen LogP contribution in [0.3, 0.4) is 0 Å². The first-order valence-electron chi connectivity index (χ1n) is 9.25. The van der Waals surface area contributed by atoms with Crippen molar-refractivity contribution in [2.45, 2.75) is 39.7 Å². The van der Waals surface area contributed by atoms with E-state index in [2.05, 4.69) is 15.6 Å². The third-order valence-corrected chi connectivity index (χ3v) is 5.11. The van der Waals surface area contributed by atoms with E-state index in [0.717, 1.165) is 11.4 Å². The second-order valence-corrected chi connectivity index (χ2v) is 7.31. The number of non-ortho nitro benzene ring substituents is 1. The van der Waals surface area contributed by atoms with E-state index in [1.165, 1.54) is 19.1 Å². The number of pyridine rings is 1. The predicted octanol–water partition coefficient (Wildman–Crippen LogP) is 4.09. The van der Waals surface area contributed by atoms with E-state index in [4.69, 9.17) is 4.74 Å². The lowest BCUT2D eigenvalue weighted by Crippen LogP contribution is -2.17. The molecule has 4 rings (SSSR count). The number of aryl methyl sites for hydroxylation is 1. The Morgan fingerprint density at radius 3 is 2.76 bits per heavy atom. The van der Waals surface area contributed by atoms with Crippen LogP contribution in [0.25, 0.3) is 22.2 Å². The lowest BCUT2D eigenvalue weighted by Gasteiger charge is -2.24. The van der Waals surface area contributed by atoms with E-state index < -0.39 is 10.9 Å². The molecule has 0 bridgehead atoms. The predicted molar refractivity (Wildman–Crippen MR) is 106 cm³/mol. The molecule has 0 atom stereocenters. The number of nitro benzene ring substituents is 1. The van der Waals surface area contributed by atoms with E-state index in [1.54, 1.807) is 6.07 Å². The molecule has 1 aliphatic heterocycles. The third kappa shape index (κ3) is 2.91. The van der Waals surface area contributed by atoms with Crippen LogP contribution >= 0.6 is 0 Å². The Labute approximate surface area is 166 Å². The SMILES string of the molecule is CC(=O)Oc1cc(C(C)C)n2c1-c1c(nc3ccc([N+](=O)[O-])cc3c1C#N)CC2. The van der Waals surface area contributed by atoms with Crippen LogP contribution in [0.2, 0.25) is 0 Å². The molecule has 29 heavy (non-hydrogen) atoms. The number of fused-ring (bicyclic) bond motifs is 4. The third-order valence-electron chi connectivity index (χ3n) is 5.11. The van der Waals surface area contributed by atoms with Gasteiger partial charge in [0.1, 0.15) is 6.07 Å². The van der Waals surface area contributed by atoms with Crippen molar-refractivity contribution in [3.8, 4) is 23.1 Å². The van der Waals surface area contributed by atoms with Crippen molar-refractivity contribution in [1.82, 2.24) is 9.55 Å². The van der Waals surface area contributed by atoms with Crippen LogP contribution in [0.5, 0.6) is 5.75 Å². The number of hydrogen-bond donors (Lipinski definition) is 0. The van der Waals surface area contributed by atoms with Crippen LogP contribution < -0.4 is 4.74 Å². The summed E-state index contributed by atoms with van der Waals surface area (Å²) in [6.45, 7) is 6.06. The van der Waals surface area contributed by atoms with Gasteiger partial charge in [-0.1, -0.05) is 13.8 Å². The number of rotatable bonds is 3. The lowest BCUT2D eigenvalue weighted by atomic mass is 9.94. The molecule has 146 valence electrons. The van der Waals surface area contributed by atoms with Crippen molar-refractivity contribution in [1.29, 1.82) is 5.26 Å². The van der Waals surface area contributed by atoms with Gasteiger partial charge < -0.3 is 9.30 Å². The summed E-state index contributed by atoms with van der Waals surface area (Å²) in [6, 6.07) is 8.36. The summed E-state index contributed by atoms with van der Waals surface area (Å²) in [6.07, 6.45) is 0.609. The van der Waals surface area contributed by atoms with E-state index in [1.807, 2.05) is 19.9 Å². The molecule has 0 amide bonds. The molecule has 0 fully saturated rings. The fraction of sp³-hybridized carbons (Fsp3) is 0.286. The Bertz CT molecular complexity index is 1230. The van der Waals surface area contributed by atoms with Crippen molar-refractivity contribution in [2.75, 3.05) is 0 Å². The molecule has 8 nitrogen and oxygen atoms in total. The van der Waals surface area contributed by atoms with E-state index in [0.29, 0.717) is 46.4 Å². The highest BCUT2D eigenvalue weighted by Crippen LogP contribution is 2.44. The number of benzene rings is 1. The fourth-order valence-electron chi connectivity index (χ4n) is 3.94. The molecular formula is C21H18N4O4. The van der Waals surface area contributed by atoms with E-state index in [9.17, 15) is 20.2 Å². The van der Waals surface area contributed by atoms with Gasteiger partial charge in [-0.2, -0.15) is 5.26 Å². The van der Waals surface area contributed by atoms with Crippen LogP contribution in [0.15, 0.2) is 24.3 Å². The Hall–Kier alpha value is -3.73. The molecule has 0 radical (unpaired) electrons. The normalized spacial score (nSPS) is 12.4. The van der Waals surface area contributed by atoms with Gasteiger partial charge in [-0.05, 0) is 12.0 Å². The zero-order valence-electron chi connectivity index (χ0n) is 16.2. The van der Waals surface area contributed by atoms with Crippen molar-refractivity contribution in [3.05, 3.63) is 51.3 Å². The van der Waals surface area contributed by atoms with Gasteiger partial charge in [0.25, 0.3) is 5.69 Å². The van der Waals surface area contributed by atoms with Gasteiger partial charge in [0.05, 0.1) is 27.4 Å². The van der Waals surface area contributed by atoms with Crippen molar-refractivity contribution in [3.63, 3.8) is 0 Å². The Morgan fingerprint density at radius 1 is 1.38 bits per heavy atom. The summed E-state index contributed by atoms with van der Waals surface area (Å²) in [7, 11) is 0. The smallest absolute Gasteiger partial charge is 0.308 e. The maximum Gasteiger partial charge on any atom is 0.308 e. The number of esters is 1. The first kappa shape index (κ1) is 18.6. The number of aromatic nitrogens is 2. The number of nitriles is 1. The monoisotopic (exact) mass is 390 g/mol. The van der Waals surface area contributed by atoms with Gasteiger partial charge in [-0.3, -0.25) is 19.9 Å². The van der Waals surface area contributed by atoms with Gasteiger partial charge in [0, 0.05) is 54.7 Å². The highest BCUT2D eigenvalue weighted by atomic mass is 16.6. The van der Waals surface area contributed by atoms with Crippen LogP contribution in [0.4, 0.5) is 5.69 Å². The Kier molecular flexibility index (Phi) is 4.31. The van der Waals surface area contributed by atoms with Crippen LogP contribution in [-0.2, 0) is 17.8 Å². The summed E-state index contributed by atoms with van der Waals surface area (Å²) in [5, 5.41) is 21.6. The maximum atomic E-state index is 11.7. The van der Waals surface area contributed by atoms with Crippen LogP contribution in [-0.4, -0.2) is 20.4 Å². The minimum atomic E-state index is -0.496. The van der Waals surface area contributed by atoms with Gasteiger partial charge in [-0.25, -0.2) is 0 Å². The number of carbonyl (C=O) groups is 1. The largest absolute Gasteiger partial charge is 0.424 e. The van der Waals surface area contributed by atoms with E-state index in [-0.39, 0.29) is 11.6 Å². The molecule has 3 aromatic rings. The number of carbonyl (C=O) groups excluding carboxylic acids is 1. The summed E-state index contributed by atoms with van der Waals surface area (Å²) in [4.78, 5) is 27.1. The standard InChI is InChI=1S/C21H18N4O4/c1-11(2)18-9-19(29-12(3)26)21-20-15(10-22)14-8-13(25(27)28)4-5-16(14)23-17(20)6-7-24(18)21/h4-5,8-9,11H,6-7H2,1-3H3. The summed E-state index contributed by atoms with van der Waals surface area (Å²) < 4.78 is 7.52. The highest BCUT2D eigenvalue weighted by molar-refractivity contribution is 5.95. The molecule has 1 aliphatic rings. The lowest BCUT2D eigenvalue weighted by molar-refractivity contribution is -0.384. The molecule has 3 heterocycles. The molecule has 8 heteroatoms. The Balaban J connectivity index is 2.09. The van der Waals surface area contributed by atoms with Crippen molar-refractivity contribution < 1.29 is 14.5 Å². The molecular weight excluding hydrogens is 372 g/mol. The first-order valence-corrected chi connectivity index (χ1v) is 9.25. The van der Waals surface area contributed by atoms with Gasteiger partial charge in [0.2, 0.25) is 0 Å². The quantitative estimate of drug-likeness (QED) is 0.378. The average molecular weight is 390 g/mol. The summed E-state index contributed by atoms with van der Waals surface area (Å²) in [5.74, 6) is 0.105. The van der Waals surface area contributed by atoms with Crippen molar-refractivity contribution >= 4 is 22.6 Å². The van der Waals surface area contributed by atoms with Crippen LogP contribution in [0, 0.1) is 21.4 Å². The molecule has 0 saturated heterocycles. The number of nitro groups is 1. The highest BCUT2D eigenvalue weighted by Gasteiger charge is 2.30. The zero-order valence-corrected chi connectivity index (χ0v) is 16.2. The molecule has 0 aliphatic carbocycles. The fourth-order valence-corrected chi connectivity index (χ4v) is 3.94. The first-order chi connectivity index (χ1) is 13.8. The molecule has 0 spiro atoms. The Morgan fingerprint density at radius 2 is 2.14 bits per heavy atom. The van der Waals surface area contributed by atoms with Crippen molar-refractivity contribution in [2.24, 2.45) is 0 Å². The van der Waals surface area contributed by atoms with E-state index >= 15 is 0 Å². The topological polar surface area (TPSA) is 111 Å². The van der Waals surface area contributed by atoms with Gasteiger partial charge in [0.15, 0.2) is 5.75 Å². The number of nitrogens with zero attached hydrogens (tertiary/aromatic N) is 4. The summed E-state index contributed by atoms with van der Waals surface area (Å²) >= 11 is 0. The zero-order chi connectivity index (χ0) is 20.9. The molecule has 0 N–H and O–H groups in total. The average Bonchev–Trinajstić information content (AvgIpc) is 3.03. The van der Waals surface area contributed by atoms with Gasteiger partial charge in [-0.15, -0.1) is 0 Å². The maximum absolute atomic E-state index is 11.7.